The Labute approximate surface area is 226 Å². The Morgan fingerprint density at radius 1 is 1.15 bits per heavy atom. The van der Waals surface area contributed by atoms with Gasteiger partial charge in [-0.15, -0.1) is 0 Å². The van der Waals surface area contributed by atoms with E-state index >= 15 is 0 Å². The Morgan fingerprint density at radius 2 is 1.92 bits per heavy atom. The smallest absolute Gasteiger partial charge is 0.407 e. The highest BCUT2D eigenvalue weighted by Gasteiger charge is 2.26. The first-order valence-electron chi connectivity index (χ1n) is 13.2. The van der Waals surface area contributed by atoms with E-state index in [0.29, 0.717) is 17.6 Å². The van der Waals surface area contributed by atoms with E-state index in [0.717, 1.165) is 68.2 Å². The molecule has 1 unspecified atom stereocenters. The van der Waals surface area contributed by atoms with E-state index in [9.17, 15) is 19.5 Å². The molecule has 39 heavy (non-hydrogen) atoms. The van der Waals surface area contributed by atoms with E-state index in [1.165, 1.54) is 5.56 Å². The first-order chi connectivity index (χ1) is 18.7. The largest absolute Gasteiger partial charge is 0.481 e. The van der Waals surface area contributed by atoms with E-state index in [1.807, 2.05) is 6.92 Å². The highest BCUT2D eigenvalue weighted by Crippen LogP contribution is 2.33. The molecule has 0 radical (unpaired) electrons. The number of rotatable bonds is 10. The summed E-state index contributed by atoms with van der Waals surface area (Å²) in [5.74, 6) is 0.799. The number of piperidine rings is 1. The van der Waals surface area contributed by atoms with Gasteiger partial charge in [-0.05, 0) is 51.2 Å². The van der Waals surface area contributed by atoms with Crippen molar-refractivity contribution in [3.05, 3.63) is 34.8 Å². The zero-order valence-corrected chi connectivity index (χ0v) is 22.2. The highest BCUT2D eigenvalue weighted by atomic mass is 16.5. The van der Waals surface area contributed by atoms with E-state index in [2.05, 4.69) is 43.0 Å². The first kappa shape index (κ1) is 27.9. The number of nitrogens with zero attached hydrogens (tertiary/aromatic N) is 4. The highest BCUT2D eigenvalue weighted by molar-refractivity contribution is 5.80. The van der Waals surface area contributed by atoms with Gasteiger partial charge in [-0.2, -0.15) is 0 Å². The number of amides is 1. The van der Waals surface area contributed by atoms with Crippen LogP contribution in [0.5, 0.6) is 0 Å². The monoisotopic (exact) mass is 541 g/mol. The number of aryl methyl sites for hydroxylation is 2. The fourth-order valence-electron chi connectivity index (χ4n) is 4.87. The number of carboxylic acid groups (broad SMARTS) is 2. The van der Waals surface area contributed by atoms with Crippen LogP contribution in [-0.2, 0) is 20.7 Å². The van der Waals surface area contributed by atoms with Gasteiger partial charge in [0.25, 0.3) is 0 Å². The zero-order chi connectivity index (χ0) is 27.9. The molecule has 13 nitrogen and oxygen atoms in total. The van der Waals surface area contributed by atoms with Gasteiger partial charge in [-0.1, -0.05) is 6.07 Å². The van der Waals surface area contributed by atoms with Crippen molar-refractivity contribution < 1.29 is 29.3 Å². The number of carbonyl (C=O) groups is 3. The standard InChI is InChI=1S/C26H35N7O6/c1-15-22(28-14-20(25(36)37)32-26(38)39-13-9-21(34)35)29-16(2)30-24(15)33-11-7-17(8-12-33)19-6-5-18-4-3-10-27-23(18)31-19/h5-6,17,20H,3-4,7-14H2,1-2H3,(H,27,31)(H,32,38)(H,34,35)(H,36,37)(H,28,29,30). The molecule has 0 aromatic carbocycles. The number of anilines is 3. The van der Waals surface area contributed by atoms with Gasteiger partial charge >= 0.3 is 18.0 Å². The van der Waals surface area contributed by atoms with Gasteiger partial charge in [0.1, 0.15) is 35.9 Å². The zero-order valence-electron chi connectivity index (χ0n) is 22.2. The summed E-state index contributed by atoms with van der Waals surface area (Å²) < 4.78 is 4.73. The molecular weight excluding hydrogens is 506 g/mol. The van der Waals surface area contributed by atoms with Crippen LogP contribution >= 0.6 is 0 Å². The van der Waals surface area contributed by atoms with Gasteiger partial charge in [0.2, 0.25) is 0 Å². The van der Waals surface area contributed by atoms with E-state index in [-0.39, 0.29) is 19.6 Å². The van der Waals surface area contributed by atoms with Crippen LogP contribution in [-0.4, -0.2) is 82.0 Å². The molecule has 13 heteroatoms. The van der Waals surface area contributed by atoms with Crippen molar-refractivity contribution in [1.82, 2.24) is 20.3 Å². The average Bonchev–Trinajstić information content (AvgIpc) is 2.92. The van der Waals surface area contributed by atoms with Crippen LogP contribution < -0.4 is 20.9 Å². The Kier molecular flexibility index (Phi) is 8.99. The number of hydrogen-bond acceptors (Lipinski definition) is 10. The van der Waals surface area contributed by atoms with Crippen LogP contribution in [0.1, 0.15) is 54.2 Å². The summed E-state index contributed by atoms with van der Waals surface area (Å²) in [7, 11) is 0. The van der Waals surface area contributed by atoms with Gasteiger partial charge in [0.15, 0.2) is 0 Å². The summed E-state index contributed by atoms with van der Waals surface area (Å²) in [5.41, 5.74) is 3.18. The van der Waals surface area contributed by atoms with Gasteiger partial charge in [-0.3, -0.25) is 4.79 Å². The molecule has 2 aliphatic rings. The average molecular weight is 542 g/mol. The third-order valence-electron chi connectivity index (χ3n) is 6.97. The molecule has 2 aliphatic heterocycles. The van der Waals surface area contributed by atoms with Crippen LogP contribution in [0.15, 0.2) is 12.1 Å². The molecule has 4 heterocycles. The minimum Gasteiger partial charge on any atom is -0.481 e. The fraction of sp³-hybridized carbons (Fsp3) is 0.538. The Morgan fingerprint density at radius 3 is 2.64 bits per heavy atom. The Hall–Kier alpha value is -4.16. The Balaban J connectivity index is 1.37. The van der Waals surface area contributed by atoms with Crippen LogP contribution in [0.2, 0.25) is 0 Å². The summed E-state index contributed by atoms with van der Waals surface area (Å²) in [6, 6.07) is 3.04. The molecule has 1 fully saturated rings. The first-order valence-corrected chi connectivity index (χ1v) is 13.2. The summed E-state index contributed by atoms with van der Waals surface area (Å²) in [6.07, 6.45) is 2.70. The minimum atomic E-state index is -1.31. The molecular formula is C26H35N7O6. The lowest BCUT2D eigenvalue weighted by molar-refractivity contribution is -0.140. The lowest BCUT2D eigenvalue weighted by atomic mass is 9.92. The SMILES string of the molecule is Cc1nc(NCC(NC(=O)OCCC(=O)O)C(=O)O)c(C)c(N2CCC(c3ccc4c(n3)NCCC4)CC2)n1. The van der Waals surface area contributed by atoms with Crippen LogP contribution in [0.4, 0.5) is 22.2 Å². The van der Waals surface area contributed by atoms with Gasteiger partial charge in [0, 0.05) is 43.4 Å². The number of ether oxygens (including phenoxy) is 1. The molecule has 4 rings (SSSR count). The molecule has 2 aromatic rings. The number of aliphatic carboxylic acids is 2. The summed E-state index contributed by atoms with van der Waals surface area (Å²) in [5, 5.41) is 26.8. The van der Waals surface area contributed by atoms with Crippen molar-refractivity contribution in [2.75, 3.05) is 48.3 Å². The lowest BCUT2D eigenvalue weighted by Gasteiger charge is -2.34. The Bertz CT molecular complexity index is 1220. The van der Waals surface area contributed by atoms with E-state index in [1.54, 1.807) is 6.92 Å². The predicted octanol–water partition coefficient (Wildman–Crippen LogP) is 2.30. The number of carbonyl (C=O) groups excluding carboxylic acids is 1. The number of pyridine rings is 1. The number of aromatic nitrogens is 3. The number of hydrogen-bond donors (Lipinski definition) is 5. The van der Waals surface area contributed by atoms with Crippen molar-refractivity contribution in [3.8, 4) is 0 Å². The molecule has 2 aromatic heterocycles. The van der Waals surface area contributed by atoms with Crippen LogP contribution in [0, 0.1) is 13.8 Å². The van der Waals surface area contributed by atoms with Gasteiger partial charge < -0.3 is 35.8 Å². The molecule has 0 aliphatic carbocycles. The van der Waals surface area contributed by atoms with Crippen molar-refractivity contribution in [2.24, 2.45) is 0 Å². The number of fused-ring (bicyclic) bond motifs is 1. The second-order valence-corrected chi connectivity index (χ2v) is 9.80. The van der Waals surface area contributed by atoms with Crippen molar-refractivity contribution in [2.45, 2.75) is 57.9 Å². The number of nitrogens with one attached hydrogen (secondary N) is 3. The third-order valence-corrected chi connectivity index (χ3v) is 6.97. The maximum absolute atomic E-state index is 11.9. The van der Waals surface area contributed by atoms with Crippen molar-refractivity contribution >= 4 is 35.5 Å². The second kappa shape index (κ2) is 12.6. The number of carboxylic acids is 2. The maximum Gasteiger partial charge on any atom is 0.407 e. The molecule has 1 saturated heterocycles. The molecule has 0 saturated carbocycles. The quantitative estimate of drug-likeness (QED) is 0.297. The second-order valence-electron chi connectivity index (χ2n) is 9.80. The molecule has 1 amide bonds. The van der Waals surface area contributed by atoms with Crippen LogP contribution in [0.25, 0.3) is 0 Å². The van der Waals surface area contributed by atoms with Crippen molar-refractivity contribution in [3.63, 3.8) is 0 Å². The summed E-state index contributed by atoms with van der Waals surface area (Å²) >= 11 is 0. The predicted molar refractivity (Wildman–Crippen MR) is 143 cm³/mol. The van der Waals surface area contributed by atoms with E-state index in [4.69, 9.17) is 14.8 Å². The third kappa shape index (κ3) is 7.24. The molecule has 0 bridgehead atoms. The fourth-order valence-corrected chi connectivity index (χ4v) is 4.87. The topological polar surface area (TPSA) is 179 Å². The summed E-state index contributed by atoms with van der Waals surface area (Å²) in [6.45, 7) is 5.71. The lowest BCUT2D eigenvalue weighted by Crippen LogP contribution is -2.45. The minimum absolute atomic E-state index is 0.153. The number of alkyl carbamates (subject to hydrolysis) is 1. The maximum atomic E-state index is 11.9. The molecule has 5 N–H and O–H groups in total. The summed E-state index contributed by atoms with van der Waals surface area (Å²) in [4.78, 5) is 50.3. The molecule has 0 spiro atoms. The normalized spacial score (nSPS) is 16.0. The molecule has 1 atom stereocenters. The van der Waals surface area contributed by atoms with E-state index < -0.39 is 24.1 Å². The van der Waals surface area contributed by atoms with Gasteiger partial charge in [-0.25, -0.2) is 24.5 Å². The van der Waals surface area contributed by atoms with Crippen LogP contribution in [0.3, 0.4) is 0 Å². The van der Waals surface area contributed by atoms with Crippen molar-refractivity contribution in [1.29, 1.82) is 0 Å². The van der Waals surface area contributed by atoms with Gasteiger partial charge in [0.05, 0.1) is 6.42 Å². The molecule has 210 valence electrons.